The van der Waals surface area contributed by atoms with Gasteiger partial charge in [-0.3, -0.25) is 14.8 Å². The summed E-state index contributed by atoms with van der Waals surface area (Å²) < 4.78 is 0. The number of benzene rings is 2. The van der Waals surface area contributed by atoms with Gasteiger partial charge in [0.2, 0.25) is 0 Å². The average molecular weight is 376 g/mol. The molecule has 7 nitrogen and oxygen atoms in total. The fourth-order valence-corrected chi connectivity index (χ4v) is 2.21. The Morgan fingerprint density at radius 2 is 1.46 bits per heavy atom. The zero-order valence-corrected chi connectivity index (χ0v) is 15.2. The molecule has 2 amide bonds. The highest BCUT2D eigenvalue weighted by molar-refractivity contribution is 5.97. The Hall–Kier alpha value is -3.78. The van der Waals surface area contributed by atoms with Crippen LogP contribution in [0, 0.1) is 23.7 Å². The second kappa shape index (κ2) is 9.79. The van der Waals surface area contributed by atoms with Crippen molar-refractivity contribution < 1.29 is 14.8 Å². The number of carbonyl (C=O) groups excluding carboxylic acids is 2. The maximum Gasteiger partial charge on any atom is 0.267 e. The summed E-state index contributed by atoms with van der Waals surface area (Å²) >= 11 is 0. The van der Waals surface area contributed by atoms with E-state index in [0.717, 1.165) is 5.56 Å². The number of carbonyl (C=O) groups is 2. The minimum Gasteiger partial charge on any atom is -0.399 e. The molecule has 2 rings (SSSR count). The molecule has 0 saturated heterocycles. The van der Waals surface area contributed by atoms with Crippen LogP contribution in [0.1, 0.15) is 28.4 Å². The first-order valence-electron chi connectivity index (χ1n) is 8.38. The lowest BCUT2D eigenvalue weighted by Gasteiger charge is -2.19. The van der Waals surface area contributed by atoms with Gasteiger partial charge in [-0.2, -0.15) is 0 Å². The summed E-state index contributed by atoms with van der Waals surface area (Å²) in [5.74, 6) is 10.0. The van der Waals surface area contributed by atoms with Gasteiger partial charge in [-0.15, -0.1) is 0 Å². The third-order valence-electron chi connectivity index (χ3n) is 3.74. The first kappa shape index (κ1) is 20.5. The summed E-state index contributed by atoms with van der Waals surface area (Å²) in [5.41, 5.74) is 15.2. The zero-order chi connectivity index (χ0) is 20.5. The molecule has 0 aliphatic heterocycles. The summed E-state index contributed by atoms with van der Waals surface area (Å²) in [6.45, 7) is 1.55. The Morgan fingerprint density at radius 1 is 0.964 bits per heavy atom. The van der Waals surface area contributed by atoms with Crippen molar-refractivity contribution in [3.05, 3.63) is 65.2 Å². The van der Waals surface area contributed by atoms with Crippen LogP contribution >= 0.6 is 0 Å². The van der Waals surface area contributed by atoms with Crippen molar-refractivity contribution in [3.63, 3.8) is 0 Å². The molecule has 0 bridgehead atoms. The summed E-state index contributed by atoms with van der Waals surface area (Å²) in [7, 11) is 0. The van der Waals surface area contributed by atoms with Gasteiger partial charge in [-0.25, -0.2) is 5.48 Å². The van der Waals surface area contributed by atoms with E-state index in [-0.39, 0.29) is 0 Å². The van der Waals surface area contributed by atoms with Crippen LogP contribution < -0.4 is 22.3 Å². The van der Waals surface area contributed by atoms with Crippen molar-refractivity contribution in [1.29, 1.82) is 0 Å². The minimum absolute atomic E-state index is 0.329. The van der Waals surface area contributed by atoms with E-state index >= 15 is 0 Å². The Kier molecular flexibility index (Phi) is 7.18. The molecule has 0 saturated carbocycles. The number of anilines is 1. The van der Waals surface area contributed by atoms with Gasteiger partial charge in [-0.05, 0) is 67.3 Å². The molecule has 0 aliphatic rings. The van der Waals surface area contributed by atoms with Gasteiger partial charge in [0.15, 0.2) is 0 Å². The molecule has 7 heteroatoms. The lowest BCUT2D eigenvalue weighted by molar-refractivity contribution is -0.131. The van der Waals surface area contributed by atoms with E-state index in [4.69, 9.17) is 16.7 Å². The van der Waals surface area contributed by atoms with Crippen LogP contribution in [0.25, 0.3) is 0 Å². The summed E-state index contributed by atoms with van der Waals surface area (Å²) in [5, 5.41) is 11.2. The van der Waals surface area contributed by atoms with Gasteiger partial charge in [-0.1, -0.05) is 11.8 Å². The SMILES string of the molecule is CC(N)C(NC(=O)c1ccc(C#CC#Cc2ccc(N)cc2)cc1)C(=O)NO. The molecule has 0 spiro atoms. The highest BCUT2D eigenvalue weighted by Gasteiger charge is 2.24. The van der Waals surface area contributed by atoms with Crippen LogP contribution in [0.3, 0.4) is 0 Å². The fourth-order valence-electron chi connectivity index (χ4n) is 2.21. The average Bonchev–Trinajstić information content (AvgIpc) is 2.70. The number of nitrogen functional groups attached to an aromatic ring is 1. The van der Waals surface area contributed by atoms with Crippen molar-refractivity contribution in [3.8, 4) is 23.7 Å². The van der Waals surface area contributed by atoms with Crippen LogP contribution in [0.5, 0.6) is 0 Å². The van der Waals surface area contributed by atoms with E-state index in [9.17, 15) is 9.59 Å². The highest BCUT2D eigenvalue weighted by atomic mass is 16.5. The normalized spacial score (nSPS) is 11.7. The van der Waals surface area contributed by atoms with Crippen molar-refractivity contribution in [2.24, 2.45) is 5.73 Å². The molecule has 7 N–H and O–H groups in total. The largest absolute Gasteiger partial charge is 0.399 e. The van der Waals surface area contributed by atoms with E-state index in [1.165, 1.54) is 5.48 Å². The Balaban J connectivity index is 2.03. The second-order valence-corrected chi connectivity index (χ2v) is 5.99. The molecule has 2 aromatic carbocycles. The van der Waals surface area contributed by atoms with E-state index in [1.807, 2.05) is 12.1 Å². The Labute approximate surface area is 163 Å². The molecule has 28 heavy (non-hydrogen) atoms. The number of hydrogen-bond donors (Lipinski definition) is 5. The predicted molar refractivity (Wildman–Crippen MR) is 106 cm³/mol. The molecule has 2 unspecified atom stereocenters. The quantitative estimate of drug-likeness (QED) is 0.231. The van der Waals surface area contributed by atoms with Gasteiger partial charge in [0.25, 0.3) is 11.8 Å². The third-order valence-corrected chi connectivity index (χ3v) is 3.74. The van der Waals surface area contributed by atoms with Crippen LogP contribution in [-0.4, -0.2) is 29.1 Å². The van der Waals surface area contributed by atoms with E-state index in [1.54, 1.807) is 43.3 Å². The number of rotatable bonds is 4. The smallest absolute Gasteiger partial charge is 0.267 e. The molecule has 0 aromatic heterocycles. The third kappa shape index (κ3) is 5.89. The lowest BCUT2D eigenvalue weighted by atomic mass is 10.1. The Morgan fingerprint density at radius 3 is 1.93 bits per heavy atom. The number of hydroxylamine groups is 1. The lowest BCUT2D eigenvalue weighted by Crippen LogP contribution is -2.54. The minimum atomic E-state index is -1.06. The number of nitrogens with two attached hydrogens (primary N) is 2. The molecular weight excluding hydrogens is 356 g/mol. The fraction of sp³-hybridized carbons (Fsp3) is 0.143. The molecule has 142 valence electrons. The van der Waals surface area contributed by atoms with Gasteiger partial charge >= 0.3 is 0 Å². The molecule has 0 fully saturated rings. The van der Waals surface area contributed by atoms with Crippen molar-refractivity contribution in [1.82, 2.24) is 10.8 Å². The van der Waals surface area contributed by atoms with Crippen molar-refractivity contribution >= 4 is 17.5 Å². The Bertz CT molecular complexity index is 959. The predicted octanol–water partition coefficient (Wildman–Crippen LogP) is 0.623. The van der Waals surface area contributed by atoms with Gasteiger partial charge in [0.1, 0.15) is 6.04 Å². The molecular formula is C21H20N4O3. The molecule has 0 radical (unpaired) electrons. The van der Waals surface area contributed by atoms with Crippen LogP contribution in [-0.2, 0) is 4.79 Å². The van der Waals surface area contributed by atoms with E-state index in [2.05, 4.69) is 29.0 Å². The van der Waals surface area contributed by atoms with Crippen LogP contribution in [0.4, 0.5) is 5.69 Å². The van der Waals surface area contributed by atoms with E-state index < -0.39 is 23.9 Å². The van der Waals surface area contributed by atoms with Crippen LogP contribution in [0.2, 0.25) is 0 Å². The monoisotopic (exact) mass is 376 g/mol. The van der Waals surface area contributed by atoms with Crippen molar-refractivity contribution in [2.45, 2.75) is 19.0 Å². The first-order chi connectivity index (χ1) is 13.4. The molecule has 0 aliphatic carbocycles. The number of nitrogens with one attached hydrogen (secondary N) is 2. The first-order valence-corrected chi connectivity index (χ1v) is 8.38. The summed E-state index contributed by atoms with van der Waals surface area (Å²) in [4.78, 5) is 23.8. The summed E-state index contributed by atoms with van der Waals surface area (Å²) in [6.07, 6.45) is 0. The van der Waals surface area contributed by atoms with Crippen molar-refractivity contribution in [2.75, 3.05) is 5.73 Å². The highest BCUT2D eigenvalue weighted by Crippen LogP contribution is 2.05. The van der Waals surface area contributed by atoms with Gasteiger partial charge < -0.3 is 16.8 Å². The molecule has 2 aromatic rings. The van der Waals surface area contributed by atoms with Crippen LogP contribution in [0.15, 0.2) is 48.5 Å². The number of amides is 2. The maximum absolute atomic E-state index is 12.2. The second-order valence-electron chi connectivity index (χ2n) is 5.99. The standard InChI is InChI=1S/C21H20N4O3/c1-14(22)19(21(27)25-28)24-20(26)17-10-6-15(7-11-17)4-2-3-5-16-8-12-18(23)13-9-16/h6-14,19,28H,22-23H2,1H3,(H,24,26)(H,25,27). The van der Waals surface area contributed by atoms with Gasteiger partial charge in [0.05, 0.1) is 0 Å². The van der Waals surface area contributed by atoms with Gasteiger partial charge in [0, 0.05) is 28.4 Å². The van der Waals surface area contributed by atoms with E-state index in [0.29, 0.717) is 16.8 Å². The maximum atomic E-state index is 12.2. The topological polar surface area (TPSA) is 130 Å². The zero-order valence-electron chi connectivity index (χ0n) is 15.2. The molecule has 0 heterocycles. The number of hydrogen-bond acceptors (Lipinski definition) is 5. The molecule has 2 atom stereocenters. The summed E-state index contributed by atoms with van der Waals surface area (Å²) in [6, 6.07) is 11.9.